The van der Waals surface area contributed by atoms with Crippen LogP contribution in [0.4, 0.5) is 13.2 Å². The number of hydrogen-bond acceptors (Lipinski definition) is 1. The van der Waals surface area contributed by atoms with Gasteiger partial charge in [0, 0.05) is 38.9 Å². The van der Waals surface area contributed by atoms with Crippen molar-refractivity contribution in [2.45, 2.75) is 20.0 Å². The van der Waals surface area contributed by atoms with E-state index in [1.54, 1.807) is 12.3 Å². The third kappa shape index (κ3) is 5.32. The minimum absolute atomic E-state index is 0.435. The van der Waals surface area contributed by atoms with E-state index >= 15 is 0 Å². The van der Waals surface area contributed by atoms with E-state index in [4.69, 9.17) is 0 Å². The third-order valence-electron chi connectivity index (χ3n) is 11.2. The molecule has 3 heterocycles. The van der Waals surface area contributed by atoms with E-state index in [9.17, 15) is 13.2 Å². The van der Waals surface area contributed by atoms with Crippen LogP contribution in [0.5, 0.6) is 0 Å². The number of hydrogen-bond donors (Lipinski definition) is 0. The zero-order valence-electron chi connectivity index (χ0n) is 30.6. The summed E-state index contributed by atoms with van der Waals surface area (Å²) in [6.45, 7) is 4.21. The van der Waals surface area contributed by atoms with Crippen LogP contribution >= 0.6 is 0 Å². The summed E-state index contributed by atoms with van der Waals surface area (Å²) < 4.78 is 48.2. The lowest BCUT2D eigenvalue weighted by Gasteiger charge is -2.20. The van der Waals surface area contributed by atoms with Crippen molar-refractivity contribution >= 4 is 43.6 Å². The Balaban J connectivity index is 1.25. The van der Waals surface area contributed by atoms with Gasteiger partial charge in [0.1, 0.15) is 0 Å². The monoisotopic (exact) mass is 733 g/mol. The Morgan fingerprint density at radius 2 is 0.911 bits per heavy atom. The van der Waals surface area contributed by atoms with E-state index in [1.807, 2.05) is 77.5 Å². The molecular weight excluding hydrogens is 700 g/mol. The first kappa shape index (κ1) is 33.6. The Bertz CT molecular complexity index is 3160. The standard InChI is InChI=1S/C50H34F3N3/c1-31-11-3-5-13-36(31)33-19-23-46-42(27-33)38-15-7-9-17-44(38)55(46)48-29-35(50(51,52)53)21-22-40(48)41-25-26-54-30-49(41)56-45-18-10-8-16-39(45)43-28-34(20-24-47(43)56)37-14-6-4-12-32(37)2/h3-30H,1-2H3. The van der Waals surface area contributed by atoms with Crippen LogP contribution in [0.3, 0.4) is 0 Å². The van der Waals surface area contributed by atoms with Crippen molar-refractivity contribution < 1.29 is 13.2 Å². The third-order valence-corrected chi connectivity index (χ3v) is 11.2. The molecule has 0 unspecified atom stereocenters. The molecule has 0 saturated carbocycles. The first-order valence-corrected chi connectivity index (χ1v) is 18.6. The highest BCUT2D eigenvalue weighted by Gasteiger charge is 2.32. The number of halogens is 3. The number of nitrogens with zero attached hydrogens (tertiary/aromatic N) is 3. The highest BCUT2D eigenvalue weighted by Crippen LogP contribution is 2.44. The van der Waals surface area contributed by atoms with Crippen LogP contribution in [0.25, 0.3) is 88.4 Å². The molecule has 0 spiro atoms. The molecule has 3 nitrogen and oxygen atoms in total. The van der Waals surface area contributed by atoms with E-state index in [0.717, 1.165) is 77.1 Å². The summed E-state index contributed by atoms with van der Waals surface area (Å²) in [5, 5.41) is 4.08. The van der Waals surface area contributed by atoms with Crippen molar-refractivity contribution in [2.24, 2.45) is 0 Å². The number of aryl methyl sites for hydroxylation is 2. The summed E-state index contributed by atoms with van der Waals surface area (Å²) >= 11 is 0. The normalized spacial score (nSPS) is 12.0. The van der Waals surface area contributed by atoms with Crippen molar-refractivity contribution in [1.82, 2.24) is 14.1 Å². The van der Waals surface area contributed by atoms with Crippen LogP contribution in [-0.2, 0) is 6.18 Å². The van der Waals surface area contributed by atoms with E-state index in [-0.39, 0.29) is 0 Å². The zero-order valence-corrected chi connectivity index (χ0v) is 30.6. The first-order chi connectivity index (χ1) is 27.3. The van der Waals surface area contributed by atoms with Crippen LogP contribution < -0.4 is 0 Å². The summed E-state index contributed by atoms with van der Waals surface area (Å²) in [5.74, 6) is 0. The average molecular weight is 734 g/mol. The summed E-state index contributed by atoms with van der Waals surface area (Å²) in [5.41, 5.74) is 12.3. The van der Waals surface area contributed by atoms with E-state index in [1.165, 1.54) is 23.3 Å². The molecule has 0 atom stereocenters. The first-order valence-electron chi connectivity index (χ1n) is 18.6. The molecule has 0 aliphatic heterocycles. The molecule has 0 N–H and O–H groups in total. The van der Waals surface area contributed by atoms with Gasteiger partial charge in [-0.1, -0.05) is 103 Å². The zero-order chi connectivity index (χ0) is 38.1. The Hall–Kier alpha value is -6.92. The Morgan fingerprint density at radius 3 is 1.46 bits per heavy atom. The Labute approximate surface area is 321 Å². The predicted octanol–water partition coefficient (Wildman–Crippen LogP) is 13.9. The largest absolute Gasteiger partial charge is 0.416 e. The van der Waals surface area contributed by atoms with Crippen LogP contribution in [0, 0.1) is 13.8 Å². The average Bonchev–Trinajstić information content (AvgIpc) is 3.73. The molecule has 6 heteroatoms. The second-order valence-electron chi connectivity index (χ2n) is 14.4. The molecule has 10 aromatic rings. The maximum atomic E-state index is 14.7. The Morgan fingerprint density at radius 1 is 0.429 bits per heavy atom. The Kier molecular flexibility index (Phi) is 7.72. The number of alkyl halides is 3. The van der Waals surface area contributed by atoms with Crippen molar-refractivity contribution in [1.29, 1.82) is 0 Å². The van der Waals surface area contributed by atoms with Crippen molar-refractivity contribution in [3.05, 3.63) is 187 Å². The SMILES string of the molecule is Cc1ccccc1-c1ccc2c(c1)c1ccccc1n2-c1cnccc1-c1ccc(C(F)(F)F)cc1-n1c2ccccc2c2cc(-c3ccccc3C)ccc21. The van der Waals surface area contributed by atoms with Crippen LogP contribution in [-0.4, -0.2) is 14.1 Å². The molecular formula is C50H34F3N3. The number of pyridine rings is 1. The maximum Gasteiger partial charge on any atom is 0.416 e. The minimum atomic E-state index is -4.55. The fraction of sp³-hybridized carbons (Fsp3) is 0.0600. The summed E-state index contributed by atoms with van der Waals surface area (Å²) in [4.78, 5) is 4.60. The molecule has 0 fully saturated rings. The molecule has 0 aliphatic rings. The molecule has 10 rings (SSSR count). The van der Waals surface area contributed by atoms with E-state index < -0.39 is 11.7 Å². The molecule has 7 aromatic carbocycles. The van der Waals surface area contributed by atoms with Gasteiger partial charge in [-0.2, -0.15) is 13.2 Å². The number of para-hydroxylation sites is 2. The fourth-order valence-electron chi connectivity index (χ4n) is 8.51. The molecule has 270 valence electrons. The van der Waals surface area contributed by atoms with Gasteiger partial charge in [-0.05, 0) is 102 Å². The van der Waals surface area contributed by atoms with Gasteiger partial charge in [0.15, 0.2) is 0 Å². The topological polar surface area (TPSA) is 22.8 Å². The highest BCUT2D eigenvalue weighted by molar-refractivity contribution is 6.12. The molecule has 0 amide bonds. The van der Waals surface area contributed by atoms with Gasteiger partial charge in [-0.15, -0.1) is 0 Å². The number of benzene rings is 7. The molecule has 3 aromatic heterocycles. The lowest BCUT2D eigenvalue weighted by Crippen LogP contribution is -2.08. The predicted molar refractivity (Wildman–Crippen MR) is 224 cm³/mol. The second kappa shape index (κ2) is 12.8. The highest BCUT2D eigenvalue weighted by atomic mass is 19.4. The van der Waals surface area contributed by atoms with Gasteiger partial charge < -0.3 is 9.13 Å². The summed E-state index contributed by atoms with van der Waals surface area (Å²) in [7, 11) is 0. The van der Waals surface area contributed by atoms with Gasteiger partial charge in [-0.25, -0.2) is 0 Å². The van der Waals surface area contributed by atoms with E-state index in [2.05, 4.69) is 96.2 Å². The van der Waals surface area contributed by atoms with Crippen LogP contribution in [0.15, 0.2) is 170 Å². The quantitative estimate of drug-likeness (QED) is 0.173. The van der Waals surface area contributed by atoms with Crippen LogP contribution in [0.2, 0.25) is 0 Å². The lowest BCUT2D eigenvalue weighted by molar-refractivity contribution is -0.137. The molecule has 0 bridgehead atoms. The smallest absolute Gasteiger partial charge is 0.309 e. The molecule has 0 radical (unpaired) electrons. The molecule has 0 aliphatic carbocycles. The van der Waals surface area contributed by atoms with Gasteiger partial charge >= 0.3 is 6.18 Å². The van der Waals surface area contributed by atoms with Crippen molar-refractivity contribution in [3.8, 4) is 44.8 Å². The van der Waals surface area contributed by atoms with Crippen LogP contribution in [0.1, 0.15) is 16.7 Å². The second-order valence-corrected chi connectivity index (χ2v) is 14.4. The minimum Gasteiger partial charge on any atom is -0.309 e. The van der Waals surface area contributed by atoms with Crippen molar-refractivity contribution in [2.75, 3.05) is 0 Å². The van der Waals surface area contributed by atoms with Gasteiger partial charge in [-0.3, -0.25) is 4.98 Å². The molecule has 56 heavy (non-hydrogen) atoms. The molecule has 0 saturated heterocycles. The number of fused-ring (bicyclic) bond motifs is 6. The van der Waals surface area contributed by atoms with Gasteiger partial charge in [0.05, 0.1) is 45.2 Å². The fourth-order valence-corrected chi connectivity index (χ4v) is 8.51. The van der Waals surface area contributed by atoms with Crippen molar-refractivity contribution in [3.63, 3.8) is 0 Å². The van der Waals surface area contributed by atoms with Gasteiger partial charge in [0.2, 0.25) is 0 Å². The summed E-state index contributed by atoms with van der Waals surface area (Å²) in [6, 6.07) is 51.6. The number of rotatable bonds is 5. The number of aromatic nitrogens is 3. The summed E-state index contributed by atoms with van der Waals surface area (Å²) in [6.07, 6.45) is -1.02. The maximum absolute atomic E-state index is 14.7. The lowest BCUT2D eigenvalue weighted by atomic mass is 9.98. The van der Waals surface area contributed by atoms with E-state index in [0.29, 0.717) is 11.3 Å². The van der Waals surface area contributed by atoms with Gasteiger partial charge in [0.25, 0.3) is 0 Å².